The molecule has 1 aromatic heterocycles. The van der Waals surface area contributed by atoms with Crippen LogP contribution in [0.5, 0.6) is 5.75 Å². The summed E-state index contributed by atoms with van der Waals surface area (Å²) in [7, 11) is 0. The van der Waals surface area contributed by atoms with Gasteiger partial charge in [-0.3, -0.25) is 4.79 Å². The van der Waals surface area contributed by atoms with Crippen molar-refractivity contribution in [2.45, 2.75) is 59.8 Å². The molecular weight excluding hydrogens is 404 g/mol. The maximum atomic E-state index is 12.1. The summed E-state index contributed by atoms with van der Waals surface area (Å²) in [6, 6.07) is 13.0. The topological polar surface area (TPSA) is 76.7 Å². The predicted molar refractivity (Wildman–Crippen MR) is 126 cm³/mol. The van der Waals surface area contributed by atoms with Gasteiger partial charge in [0, 0.05) is 17.2 Å². The van der Waals surface area contributed by atoms with Gasteiger partial charge in [0.2, 0.25) is 0 Å². The number of carboxylic acids is 1. The first-order chi connectivity index (χ1) is 15.0. The predicted octanol–water partition coefficient (Wildman–Crippen LogP) is 6.56. The Morgan fingerprint density at radius 1 is 1.09 bits per heavy atom. The van der Waals surface area contributed by atoms with Crippen molar-refractivity contribution < 1.29 is 23.8 Å². The van der Waals surface area contributed by atoms with Crippen molar-refractivity contribution in [2.24, 2.45) is 5.41 Å². The Morgan fingerprint density at radius 3 is 2.50 bits per heavy atom. The molecule has 1 atom stereocenters. The highest BCUT2D eigenvalue weighted by atomic mass is 16.5. The largest absolute Gasteiger partial charge is 0.486 e. The zero-order chi connectivity index (χ0) is 23.5. The second kappa shape index (κ2) is 9.60. The fourth-order valence-electron chi connectivity index (χ4n) is 3.60. The van der Waals surface area contributed by atoms with Gasteiger partial charge in [-0.05, 0) is 67.1 Å². The summed E-state index contributed by atoms with van der Waals surface area (Å²) < 4.78 is 11.6. The Bertz CT molecular complexity index is 1120. The van der Waals surface area contributed by atoms with E-state index in [1.807, 2.05) is 39.8 Å². The minimum absolute atomic E-state index is 0.0825. The van der Waals surface area contributed by atoms with Crippen LogP contribution >= 0.6 is 0 Å². The van der Waals surface area contributed by atoms with Gasteiger partial charge in [-0.1, -0.05) is 39.8 Å². The standard InChI is InChI=1S/C27H32O5/c1-17(19-9-11-23(18(2)13-19)31-16-25(28)27(3,4)5)7-6-8-22-15-21-14-20(26(29)30)10-12-24(21)32-22/h9-15,17H,6-8,16H2,1-5H3,(H,29,30). The highest BCUT2D eigenvalue weighted by Crippen LogP contribution is 2.28. The third-order valence-corrected chi connectivity index (χ3v) is 5.84. The minimum atomic E-state index is -0.934. The van der Waals surface area contributed by atoms with E-state index in [1.54, 1.807) is 18.2 Å². The zero-order valence-electron chi connectivity index (χ0n) is 19.5. The highest BCUT2D eigenvalue weighted by molar-refractivity contribution is 5.93. The maximum Gasteiger partial charge on any atom is 0.335 e. The van der Waals surface area contributed by atoms with Crippen molar-refractivity contribution in [3.05, 3.63) is 64.9 Å². The molecule has 2 aromatic carbocycles. The van der Waals surface area contributed by atoms with Crippen LogP contribution in [-0.4, -0.2) is 23.5 Å². The van der Waals surface area contributed by atoms with E-state index in [0.717, 1.165) is 41.7 Å². The van der Waals surface area contributed by atoms with Crippen LogP contribution in [-0.2, 0) is 11.2 Å². The normalized spacial score (nSPS) is 12.7. The molecule has 3 rings (SSSR count). The molecule has 0 saturated carbocycles. The smallest absolute Gasteiger partial charge is 0.335 e. The van der Waals surface area contributed by atoms with Crippen LogP contribution in [0.4, 0.5) is 0 Å². The first-order valence-corrected chi connectivity index (χ1v) is 11.1. The highest BCUT2D eigenvalue weighted by Gasteiger charge is 2.22. The lowest BCUT2D eigenvalue weighted by Gasteiger charge is -2.18. The van der Waals surface area contributed by atoms with Crippen molar-refractivity contribution >= 4 is 22.7 Å². The Kier molecular flexibility index (Phi) is 7.07. The Labute approximate surface area is 189 Å². The summed E-state index contributed by atoms with van der Waals surface area (Å²) in [6.07, 6.45) is 2.76. The Morgan fingerprint density at radius 2 is 1.84 bits per heavy atom. The second-order valence-electron chi connectivity index (χ2n) is 9.55. The number of rotatable bonds is 9. The molecule has 5 nitrogen and oxygen atoms in total. The van der Waals surface area contributed by atoms with Crippen LogP contribution in [0.25, 0.3) is 11.0 Å². The Hall–Kier alpha value is -3.08. The van der Waals surface area contributed by atoms with Crippen molar-refractivity contribution in [2.75, 3.05) is 6.61 Å². The molecule has 32 heavy (non-hydrogen) atoms. The van der Waals surface area contributed by atoms with Gasteiger partial charge in [0.25, 0.3) is 0 Å². The number of carboxylic acid groups (broad SMARTS) is 1. The lowest BCUT2D eigenvalue weighted by molar-refractivity contribution is -0.128. The molecule has 0 saturated heterocycles. The molecule has 0 aliphatic rings. The van der Waals surface area contributed by atoms with E-state index in [0.29, 0.717) is 11.5 Å². The van der Waals surface area contributed by atoms with Gasteiger partial charge in [0.1, 0.15) is 23.7 Å². The van der Waals surface area contributed by atoms with Gasteiger partial charge in [0.05, 0.1) is 5.56 Å². The first kappa shape index (κ1) is 23.6. The number of hydrogen-bond donors (Lipinski definition) is 1. The van der Waals surface area contributed by atoms with Crippen LogP contribution in [0.3, 0.4) is 0 Å². The number of Topliss-reactive ketones (excluding diaryl/α,β-unsaturated/α-hetero) is 1. The first-order valence-electron chi connectivity index (χ1n) is 11.1. The molecule has 0 aliphatic carbocycles. The van der Waals surface area contributed by atoms with Gasteiger partial charge in [-0.2, -0.15) is 0 Å². The van der Waals surface area contributed by atoms with E-state index >= 15 is 0 Å². The molecular formula is C27H32O5. The lowest BCUT2D eigenvalue weighted by atomic mass is 9.91. The SMILES string of the molecule is Cc1cc(C(C)CCCc2cc3cc(C(=O)O)ccc3o2)ccc1OCC(=O)C(C)(C)C. The van der Waals surface area contributed by atoms with E-state index in [9.17, 15) is 9.59 Å². The zero-order valence-corrected chi connectivity index (χ0v) is 19.5. The maximum absolute atomic E-state index is 12.1. The molecule has 0 fully saturated rings. The fraction of sp³-hybridized carbons (Fsp3) is 0.407. The third-order valence-electron chi connectivity index (χ3n) is 5.84. The number of aryl methyl sites for hydroxylation is 2. The van der Waals surface area contributed by atoms with Crippen molar-refractivity contribution in [1.29, 1.82) is 0 Å². The van der Waals surface area contributed by atoms with Crippen LogP contribution in [0.2, 0.25) is 0 Å². The molecule has 170 valence electrons. The van der Waals surface area contributed by atoms with E-state index in [-0.39, 0.29) is 18.0 Å². The number of benzene rings is 2. The summed E-state index contributed by atoms with van der Waals surface area (Å²) >= 11 is 0. The number of carbonyl (C=O) groups excluding carboxylic acids is 1. The fourth-order valence-corrected chi connectivity index (χ4v) is 3.60. The van der Waals surface area contributed by atoms with Crippen LogP contribution in [0, 0.1) is 12.3 Å². The van der Waals surface area contributed by atoms with Crippen molar-refractivity contribution in [1.82, 2.24) is 0 Å². The summed E-state index contributed by atoms with van der Waals surface area (Å²) in [4.78, 5) is 23.2. The number of fused-ring (bicyclic) bond motifs is 1. The lowest BCUT2D eigenvalue weighted by Crippen LogP contribution is -2.26. The number of ether oxygens (including phenoxy) is 1. The number of carbonyl (C=O) groups is 2. The number of aromatic carboxylic acids is 1. The average Bonchev–Trinajstić information content (AvgIpc) is 3.13. The number of hydrogen-bond acceptors (Lipinski definition) is 4. The van der Waals surface area contributed by atoms with E-state index in [2.05, 4.69) is 19.1 Å². The van der Waals surface area contributed by atoms with Gasteiger partial charge in [-0.15, -0.1) is 0 Å². The minimum Gasteiger partial charge on any atom is -0.486 e. The molecule has 3 aromatic rings. The molecule has 1 heterocycles. The summed E-state index contributed by atoms with van der Waals surface area (Å²) in [5, 5.41) is 9.95. The van der Waals surface area contributed by atoms with Crippen LogP contribution < -0.4 is 4.74 Å². The molecule has 0 aliphatic heterocycles. The molecule has 0 bridgehead atoms. The van der Waals surface area contributed by atoms with Crippen LogP contribution in [0.1, 0.15) is 73.7 Å². The van der Waals surface area contributed by atoms with Gasteiger partial charge < -0.3 is 14.3 Å². The summed E-state index contributed by atoms with van der Waals surface area (Å²) in [5.74, 6) is 1.15. The molecule has 0 spiro atoms. The van der Waals surface area contributed by atoms with E-state index in [1.165, 1.54) is 5.56 Å². The molecule has 0 amide bonds. The third kappa shape index (κ3) is 5.78. The number of furan rings is 1. The van der Waals surface area contributed by atoms with E-state index < -0.39 is 11.4 Å². The Balaban J connectivity index is 1.55. The quantitative estimate of drug-likeness (QED) is 0.411. The number of ketones is 1. The van der Waals surface area contributed by atoms with Gasteiger partial charge in [-0.25, -0.2) is 4.79 Å². The monoisotopic (exact) mass is 436 g/mol. The summed E-state index contributed by atoms with van der Waals surface area (Å²) in [5.41, 5.74) is 2.86. The average molecular weight is 437 g/mol. The van der Waals surface area contributed by atoms with E-state index in [4.69, 9.17) is 14.3 Å². The summed E-state index contributed by atoms with van der Waals surface area (Å²) in [6.45, 7) is 9.99. The molecule has 1 unspecified atom stereocenters. The van der Waals surface area contributed by atoms with Gasteiger partial charge in [0.15, 0.2) is 5.78 Å². The van der Waals surface area contributed by atoms with Crippen molar-refractivity contribution in [3.8, 4) is 5.75 Å². The molecule has 0 radical (unpaired) electrons. The second-order valence-corrected chi connectivity index (χ2v) is 9.55. The van der Waals surface area contributed by atoms with Crippen LogP contribution in [0.15, 0.2) is 46.9 Å². The van der Waals surface area contributed by atoms with Gasteiger partial charge >= 0.3 is 5.97 Å². The van der Waals surface area contributed by atoms with Crippen molar-refractivity contribution in [3.63, 3.8) is 0 Å². The molecule has 1 N–H and O–H groups in total. The molecule has 5 heteroatoms.